The van der Waals surface area contributed by atoms with Gasteiger partial charge in [-0.2, -0.15) is 0 Å². The quantitative estimate of drug-likeness (QED) is 0.492. The zero-order valence-electron chi connectivity index (χ0n) is 12.4. The van der Waals surface area contributed by atoms with Gasteiger partial charge in [0.15, 0.2) is 6.10 Å². The summed E-state index contributed by atoms with van der Waals surface area (Å²) in [6.07, 6.45) is -0.634. The first kappa shape index (κ1) is 17.9. The molecule has 6 nitrogen and oxygen atoms in total. The molecule has 0 aromatic carbocycles. The Balaban J connectivity index is 3.60. The molecular weight excluding hydrogens is 252 g/mol. The van der Waals surface area contributed by atoms with Crippen LogP contribution >= 0.6 is 0 Å². The summed E-state index contributed by atoms with van der Waals surface area (Å²) >= 11 is 0. The zero-order chi connectivity index (χ0) is 14.9. The minimum Gasteiger partial charge on any atom is -0.464 e. The first-order chi connectivity index (χ1) is 8.76. The molecule has 0 fully saturated rings. The summed E-state index contributed by atoms with van der Waals surface area (Å²) in [5.74, 6) is -0.833. The van der Waals surface area contributed by atoms with Gasteiger partial charge in [0.2, 0.25) is 0 Å². The van der Waals surface area contributed by atoms with Crippen molar-refractivity contribution in [3.8, 4) is 0 Å². The predicted octanol–water partition coefficient (Wildman–Crippen LogP) is 1.31. The fourth-order valence-corrected chi connectivity index (χ4v) is 1.14. The van der Waals surface area contributed by atoms with E-state index in [9.17, 15) is 9.59 Å². The standard InChI is InChI=1S/C13H24O6/c1-6-17-12(15)10(2)18-8-7-16-9-11(14)19-13(3,4)5/h10H,6-9H2,1-5H3. The topological polar surface area (TPSA) is 71.1 Å². The number of ether oxygens (including phenoxy) is 4. The molecule has 0 aromatic heterocycles. The van der Waals surface area contributed by atoms with Crippen molar-refractivity contribution >= 4 is 11.9 Å². The van der Waals surface area contributed by atoms with Crippen LogP contribution in [0, 0.1) is 0 Å². The van der Waals surface area contributed by atoms with Crippen molar-refractivity contribution in [1.29, 1.82) is 0 Å². The molecule has 0 bridgehead atoms. The van der Waals surface area contributed by atoms with Gasteiger partial charge < -0.3 is 18.9 Å². The highest BCUT2D eigenvalue weighted by Crippen LogP contribution is 2.06. The summed E-state index contributed by atoms with van der Waals surface area (Å²) in [6.45, 7) is 9.31. The van der Waals surface area contributed by atoms with E-state index < -0.39 is 23.6 Å². The van der Waals surface area contributed by atoms with Crippen LogP contribution in [0.2, 0.25) is 0 Å². The van der Waals surface area contributed by atoms with Crippen LogP contribution in [0.5, 0.6) is 0 Å². The number of rotatable bonds is 8. The molecule has 0 aliphatic rings. The molecule has 1 atom stereocenters. The SMILES string of the molecule is CCOC(=O)C(C)OCCOCC(=O)OC(C)(C)C. The van der Waals surface area contributed by atoms with E-state index in [2.05, 4.69) is 0 Å². The van der Waals surface area contributed by atoms with Gasteiger partial charge in [-0.05, 0) is 34.6 Å². The maximum Gasteiger partial charge on any atom is 0.334 e. The number of hydrogen-bond acceptors (Lipinski definition) is 6. The lowest BCUT2D eigenvalue weighted by molar-refractivity contribution is -0.163. The lowest BCUT2D eigenvalue weighted by Gasteiger charge is -2.19. The van der Waals surface area contributed by atoms with Crippen LogP contribution in [-0.4, -0.2) is 50.1 Å². The van der Waals surface area contributed by atoms with Crippen LogP contribution < -0.4 is 0 Å². The van der Waals surface area contributed by atoms with E-state index in [1.54, 1.807) is 34.6 Å². The third-order valence-corrected chi connectivity index (χ3v) is 1.85. The zero-order valence-corrected chi connectivity index (χ0v) is 12.4. The van der Waals surface area contributed by atoms with Crippen molar-refractivity contribution in [2.45, 2.75) is 46.3 Å². The summed E-state index contributed by atoms with van der Waals surface area (Å²) in [5, 5.41) is 0. The van der Waals surface area contributed by atoms with Crippen molar-refractivity contribution in [3.63, 3.8) is 0 Å². The average molecular weight is 276 g/mol. The number of carbonyl (C=O) groups is 2. The Labute approximate surface area is 114 Å². The average Bonchev–Trinajstić information content (AvgIpc) is 2.26. The van der Waals surface area contributed by atoms with Crippen molar-refractivity contribution in [2.75, 3.05) is 26.4 Å². The van der Waals surface area contributed by atoms with E-state index in [1.165, 1.54) is 0 Å². The molecular formula is C13H24O6. The second-order valence-corrected chi connectivity index (χ2v) is 4.90. The molecule has 0 aliphatic heterocycles. The van der Waals surface area contributed by atoms with E-state index >= 15 is 0 Å². The first-order valence-corrected chi connectivity index (χ1v) is 6.34. The third kappa shape index (κ3) is 10.5. The van der Waals surface area contributed by atoms with Crippen molar-refractivity contribution < 1.29 is 28.5 Å². The molecule has 0 amide bonds. The van der Waals surface area contributed by atoms with Crippen LogP contribution in [0.1, 0.15) is 34.6 Å². The molecule has 0 radical (unpaired) electrons. The number of hydrogen-bond donors (Lipinski definition) is 0. The highest BCUT2D eigenvalue weighted by Gasteiger charge is 2.16. The maximum atomic E-state index is 11.3. The van der Waals surface area contributed by atoms with E-state index in [0.717, 1.165) is 0 Å². The molecule has 112 valence electrons. The second-order valence-electron chi connectivity index (χ2n) is 4.90. The summed E-state index contributed by atoms with van der Waals surface area (Å²) in [7, 11) is 0. The minimum atomic E-state index is -0.634. The summed E-state index contributed by atoms with van der Waals surface area (Å²) < 4.78 is 20.1. The normalized spacial score (nSPS) is 12.9. The molecule has 0 rings (SSSR count). The van der Waals surface area contributed by atoms with Crippen LogP contribution in [0.15, 0.2) is 0 Å². The van der Waals surface area contributed by atoms with Crippen LogP contribution in [0.4, 0.5) is 0 Å². The summed E-state index contributed by atoms with van der Waals surface area (Å²) in [5.41, 5.74) is -0.518. The Kier molecular flexibility index (Phi) is 8.34. The monoisotopic (exact) mass is 276 g/mol. The number of carbonyl (C=O) groups excluding carboxylic acids is 2. The van der Waals surface area contributed by atoms with E-state index in [-0.39, 0.29) is 19.8 Å². The van der Waals surface area contributed by atoms with Gasteiger partial charge in [0.05, 0.1) is 19.8 Å². The van der Waals surface area contributed by atoms with E-state index in [0.29, 0.717) is 6.61 Å². The van der Waals surface area contributed by atoms with E-state index in [1.807, 2.05) is 0 Å². The minimum absolute atomic E-state index is 0.131. The molecule has 19 heavy (non-hydrogen) atoms. The highest BCUT2D eigenvalue weighted by atomic mass is 16.6. The van der Waals surface area contributed by atoms with Gasteiger partial charge in [-0.3, -0.25) is 0 Å². The van der Waals surface area contributed by atoms with Crippen molar-refractivity contribution in [1.82, 2.24) is 0 Å². The first-order valence-electron chi connectivity index (χ1n) is 6.34. The van der Waals surface area contributed by atoms with E-state index in [4.69, 9.17) is 18.9 Å². The van der Waals surface area contributed by atoms with Crippen LogP contribution in [0.25, 0.3) is 0 Å². The molecule has 0 saturated heterocycles. The largest absolute Gasteiger partial charge is 0.464 e. The fourth-order valence-electron chi connectivity index (χ4n) is 1.14. The Morgan fingerprint density at radius 1 is 1.16 bits per heavy atom. The second kappa shape index (κ2) is 8.87. The predicted molar refractivity (Wildman–Crippen MR) is 68.7 cm³/mol. The number of esters is 2. The molecule has 0 spiro atoms. The maximum absolute atomic E-state index is 11.3. The van der Waals surface area contributed by atoms with Crippen molar-refractivity contribution in [2.24, 2.45) is 0 Å². The van der Waals surface area contributed by atoms with Crippen LogP contribution in [0.3, 0.4) is 0 Å². The Morgan fingerprint density at radius 2 is 1.79 bits per heavy atom. The Morgan fingerprint density at radius 3 is 2.32 bits per heavy atom. The molecule has 0 heterocycles. The smallest absolute Gasteiger partial charge is 0.334 e. The van der Waals surface area contributed by atoms with Gasteiger partial charge in [-0.15, -0.1) is 0 Å². The van der Waals surface area contributed by atoms with Gasteiger partial charge in [0.25, 0.3) is 0 Å². The van der Waals surface area contributed by atoms with Gasteiger partial charge in [-0.25, -0.2) is 9.59 Å². The molecule has 6 heteroatoms. The fraction of sp³-hybridized carbons (Fsp3) is 0.846. The summed E-state index contributed by atoms with van der Waals surface area (Å²) in [6, 6.07) is 0. The lowest BCUT2D eigenvalue weighted by atomic mass is 10.2. The molecule has 0 saturated carbocycles. The van der Waals surface area contributed by atoms with Gasteiger partial charge in [-0.1, -0.05) is 0 Å². The third-order valence-electron chi connectivity index (χ3n) is 1.85. The van der Waals surface area contributed by atoms with Gasteiger partial charge in [0, 0.05) is 0 Å². The summed E-state index contributed by atoms with van der Waals surface area (Å²) in [4.78, 5) is 22.5. The molecule has 0 aliphatic carbocycles. The van der Waals surface area contributed by atoms with Crippen LogP contribution in [-0.2, 0) is 28.5 Å². The Hall–Kier alpha value is -1.14. The van der Waals surface area contributed by atoms with Gasteiger partial charge >= 0.3 is 11.9 Å². The van der Waals surface area contributed by atoms with Crippen molar-refractivity contribution in [3.05, 3.63) is 0 Å². The lowest BCUT2D eigenvalue weighted by Crippen LogP contribution is -2.28. The molecule has 0 N–H and O–H groups in total. The van der Waals surface area contributed by atoms with Gasteiger partial charge in [0.1, 0.15) is 12.2 Å². The molecule has 1 unspecified atom stereocenters. The highest BCUT2D eigenvalue weighted by molar-refractivity contribution is 5.74. The Bertz CT molecular complexity index is 281. The molecule has 0 aromatic rings.